The van der Waals surface area contributed by atoms with Gasteiger partial charge in [0.05, 0.1) is 31.9 Å². The first kappa shape index (κ1) is 29.0. The van der Waals surface area contributed by atoms with Gasteiger partial charge in [-0.05, 0) is 61.3 Å². The summed E-state index contributed by atoms with van der Waals surface area (Å²) in [7, 11) is 0. The lowest BCUT2D eigenvalue weighted by Crippen LogP contribution is -2.19. The van der Waals surface area contributed by atoms with Gasteiger partial charge in [0.15, 0.2) is 5.82 Å². The van der Waals surface area contributed by atoms with Crippen molar-refractivity contribution < 1.29 is 23.9 Å². The molecule has 4 atom stereocenters. The van der Waals surface area contributed by atoms with Crippen LogP contribution in [0.1, 0.15) is 85.0 Å². The molecule has 2 saturated carbocycles. The van der Waals surface area contributed by atoms with Crippen molar-refractivity contribution in [3.8, 4) is 11.3 Å². The standard InChI is InChI=1S/C17H18FNO2S.C13H13Cl2NO2/c1-8-5-9-3-2-4-11(8)14(9)16-19-15-12(18)6-10(17(20)21)7-13(15)22-16;1-7(2)13-8(6-17)12(16-18-13)11-9(14)4-3-5-10(11)15/h6-9,11,14H,2-5H2,1H3,(H,20,21);3-5,7,17H,6H2,1-2H3. The molecule has 6 nitrogen and oxygen atoms in total. The van der Waals surface area contributed by atoms with E-state index in [-0.39, 0.29) is 18.1 Å². The summed E-state index contributed by atoms with van der Waals surface area (Å²) >= 11 is 13.8. The highest BCUT2D eigenvalue weighted by Gasteiger charge is 2.45. The van der Waals surface area contributed by atoms with Crippen molar-refractivity contribution >= 4 is 50.7 Å². The number of hydrogen-bond acceptors (Lipinski definition) is 6. The highest BCUT2D eigenvalue weighted by atomic mass is 35.5. The number of hydrogen-bond donors (Lipinski definition) is 2. The van der Waals surface area contributed by atoms with Gasteiger partial charge in [-0.2, -0.15) is 0 Å². The molecular weight excluding hydrogens is 574 g/mol. The number of carboxylic acid groups (broad SMARTS) is 1. The number of aliphatic hydroxyl groups excluding tert-OH is 1. The molecule has 0 spiro atoms. The highest BCUT2D eigenvalue weighted by Crippen LogP contribution is 2.56. The maximum Gasteiger partial charge on any atom is 0.335 e. The van der Waals surface area contributed by atoms with E-state index in [1.54, 1.807) is 24.3 Å². The molecule has 212 valence electrons. The molecular formula is C30H31Cl2FN2O4S. The van der Waals surface area contributed by atoms with Crippen LogP contribution in [0.4, 0.5) is 4.39 Å². The number of carbonyl (C=O) groups is 1. The van der Waals surface area contributed by atoms with Crippen LogP contribution in [0, 0.1) is 23.6 Å². The Bertz CT molecular complexity index is 1530. The van der Waals surface area contributed by atoms with Crippen molar-refractivity contribution in [1.82, 2.24) is 10.1 Å². The van der Waals surface area contributed by atoms with E-state index in [0.29, 0.717) is 66.5 Å². The predicted octanol–water partition coefficient (Wildman–Crippen LogP) is 8.94. The summed E-state index contributed by atoms with van der Waals surface area (Å²) < 4.78 is 20.1. The summed E-state index contributed by atoms with van der Waals surface area (Å²) in [6, 6.07) is 7.85. The van der Waals surface area contributed by atoms with Crippen LogP contribution in [0.5, 0.6) is 0 Å². The second kappa shape index (κ2) is 11.8. The molecule has 2 aliphatic carbocycles. The number of aromatic carboxylic acids is 1. The molecule has 0 aliphatic heterocycles. The molecule has 10 heteroatoms. The number of thiazole rings is 1. The Hall–Kier alpha value is -2.52. The maximum absolute atomic E-state index is 14.2. The number of aliphatic hydroxyl groups is 1. The number of aromatic nitrogens is 2. The predicted molar refractivity (Wildman–Crippen MR) is 156 cm³/mol. The molecule has 2 aliphatic rings. The van der Waals surface area contributed by atoms with Crippen LogP contribution in [0.25, 0.3) is 21.5 Å². The van der Waals surface area contributed by atoms with Gasteiger partial charge in [-0.25, -0.2) is 14.2 Å². The molecule has 40 heavy (non-hydrogen) atoms. The minimum atomic E-state index is -1.10. The Labute approximate surface area is 246 Å². The van der Waals surface area contributed by atoms with E-state index >= 15 is 0 Å². The molecule has 2 heterocycles. The minimum absolute atomic E-state index is 0.000171. The molecule has 6 rings (SSSR count). The van der Waals surface area contributed by atoms with E-state index in [1.165, 1.54) is 37.0 Å². The Morgan fingerprint density at radius 1 is 1.23 bits per heavy atom. The molecule has 2 N–H and O–H groups in total. The van der Waals surface area contributed by atoms with Crippen molar-refractivity contribution in [2.45, 2.75) is 64.9 Å². The van der Waals surface area contributed by atoms with Crippen LogP contribution in [-0.2, 0) is 6.61 Å². The number of halogens is 3. The Morgan fingerprint density at radius 2 is 1.95 bits per heavy atom. The normalized spacial score (nSPS) is 22.0. The van der Waals surface area contributed by atoms with Gasteiger partial charge >= 0.3 is 5.97 Å². The van der Waals surface area contributed by atoms with E-state index in [4.69, 9.17) is 32.8 Å². The van der Waals surface area contributed by atoms with Crippen LogP contribution in [0.15, 0.2) is 34.9 Å². The molecule has 2 fully saturated rings. The van der Waals surface area contributed by atoms with Crippen molar-refractivity contribution in [3.05, 3.63) is 68.1 Å². The number of rotatable bonds is 5. The highest BCUT2D eigenvalue weighted by molar-refractivity contribution is 7.18. The lowest BCUT2D eigenvalue weighted by molar-refractivity contribution is 0.0696. The summed E-state index contributed by atoms with van der Waals surface area (Å²) in [5.74, 6) is 1.64. The van der Waals surface area contributed by atoms with Gasteiger partial charge in [0.1, 0.15) is 17.0 Å². The third-order valence-electron chi connectivity index (χ3n) is 8.18. The molecule has 2 bridgehead atoms. The smallest absolute Gasteiger partial charge is 0.335 e. The summed E-state index contributed by atoms with van der Waals surface area (Å²) in [5, 5.41) is 24.5. The van der Waals surface area contributed by atoms with Gasteiger partial charge in [0.2, 0.25) is 0 Å². The molecule has 0 saturated heterocycles. The second-order valence-electron chi connectivity index (χ2n) is 11.0. The van der Waals surface area contributed by atoms with E-state index in [0.717, 1.165) is 11.1 Å². The molecule has 4 aromatic rings. The zero-order valence-corrected chi connectivity index (χ0v) is 24.8. The fraction of sp³-hybridized carbons (Fsp3) is 0.433. The first-order valence-corrected chi connectivity index (χ1v) is 15.0. The average Bonchev–Trinajstić information content (AvgIpc) is 3.57. The number of benzene rings is 2. The average molecular weight is 606 g/mol. The number of fused-ring (bicyclic) bond motifs is 3. The van der Waals surface area contributed by atoms with E-state index in [1.807, 2.05) is 13.8 Å². The van der Waals surface area contributed by atoms with Gasteiger partial charge in [-0.15, -0.1) is 11.3 Å². The van der Waals surface area contributed by atoms with Gasteiger partial charge in [-0.1, -0.05) is 61.6 Å². The Morgan fingerprint density at radius 3 is 2.58 bits per heavy atom. The lowest BCUT2D eigenvalue weighted by Gasteiger charge is -2.29. The lowest BCUT2D eigenvalue weighted by atomic mass is 9.78. The number of carboxylic acids is 1. The van der Waals surface area contributed by atoms with E-state index in [9.17, 15) is 14.3 Å². The third-order valence-corrected chi connectivity index (χ3v) is 9.92. The maximum atomic E-state index is 14.2. The quantitative estimate of drug-likeness (QED) is 0.236. The minimum Gasteiger partial charge on any atom is -0.478 e. The molecule has 0 amide bonds. The third kappa shape index (κ3) is 5.39. The fourth-order valence-electron chi connectivity index (χ4n) is 6.39. The SMILES string of the molecule is CC(C)c1onc(-c2c(Cl)cccc2Cl)c1CO.CC1CC2CCCC1C2c1nc2c(F)cc(C(=O)O)cc2s1. The summed E-state index contributed by atoms with van der Waals surface area (Å²) in [4.78, 5) is 15.6. The summed E-state index contributed by atoms with van der Waals surface area (Å²) in [6.07, 6.45) is 5.01. The van der Waals surface area contributed by atoms with E-state index in [2.05, 4.69) is 17.1 Å². The van der Waals surface area contributed by atoms with Crippen molar-refractivity contribution in [2.24, 2.45) is 17.8 Å². The molecule has 4 unspecified atom stereocenters. The van der Waals surface area contributed by atoms with Crippen molar-refractivity contribution in [2.75, 3.05) is 0 Å². The van der Waals surface area contributed by atoms with Crippen LogP contribution >= 0.6 is 34.5 Å². The summed E-state index contributed by atoms with van der Waals surface area (Å²) in [6.45, 7) is 6.10. The summed E-state index contributed by atoms with van der Waals surface area (Å²) in [5.41, 5.74) is 2.08. The monoisotopic (exact) mass is 604 g/mol. The van der Waals surface area contributed by atoms with Gasteiger partial charge in [0.25, 0.3) is 0 Å². The zero-order chi connectivity index (χ0) is 28.7. The van der Waals surface area contributed by atoms with Crippen LogP contribution in [0.3, 0.4) is 0 Å². The fourth-order valence-corrected chi connectivity index (χ4v) is 8.25. The van der Waals surface area contributed by atoms with Crippen LogP contribution in [0.2, 0.25) is 10.0 Å². The van der Waals surface area contributed by atoms with Crippen LogP contribution in [-0.4, -0.2) is 26.3 Å². The second-order valence-corrected chi connectivity index (χ2v) is 12.9. The molecule has 2 aromatic heterocycles. The zero-order valence-electron chi connectivity index (χ0n) is 22.5. The largest absolute Gasteiger partial charge is 0.478 e. The number of nitrogens with zero attached hydrogens (tertiary/aromatic N) is 2. The van der Waals surface area contributed by atoms with Crippen LogP contribution < -0.4 is 0 Å². The first-order valence-electron chi connectivity index (χ1n) is 13.5. The molecule has 2 aromatic carbocycles. The van der Waals surface area contributed by atoms with Gasteiger partial charge in [-0.3, -0.25) is 0 Å². The Balaban J connectivity index is 0.000000165. The van der Waals surface area contributed by atoms with Gasteiger partial charge < -0.3 is 14.7 Å². The van der Waals surface area contributed by atoms with Crippen molar-refractivity contribution in [1.29, 1.82) is 0 Å². The molecule has 0 radical (unpaired) electrons. The topological polar surface area (TPSA) is 96.5 Å². The van der Waals surface area contributed by atoms with Gasteiger partial charge in [0, 0.05) is 23.0 Å². The van der Waals surface area contributed by atoms with Crippen molar-refractivity contribution in [3.63, 3.8) is 0 Å². The van der Waals surface area contributed by atoms with E-state index < -0.39 is 11.8 Å². The first-order chi connectivity index (χ1) is 19.1. The Kier molecular flexibility index (Phi) is 8.53.